The normalized spacial score (nSPS) is 15.2. The highest BCUT2D eigenvalue weighted by Gasteiger charge is 2.29. The van der Waals surface area contributed by atoms with Crippen LogP contribution in [0.4, 0.5) is 5.82 Å². The summed E-state index contributed by atoms with van der Waals surface area (Å²) in [6, 6.07) is 23.5. The van der Waals surface area contributed by atoms with Crippen molar-refractivity contribution in [2.75, 3.05) is 31.1 Å². The maximum absolute atomic E-state index is 13.1. The van der Waals surface area contributed by atoms with Gasteiger partial charge in [-0.25, -0.2) is 8.42 Å². The second-order valence-corrected chi connectivity index (χ2v) is 10.4. The molecule has 7 heteroatoms. The lowest BCUT2D eigenvalue weighted by molar-refractivity contribution is 0.384. The molecule has 0 unspecified atom stereocenters. The van der Waals surface area contributed by atoms with Crippen LogP contribution in [0.1, 0.15) is 11.1 Å². The average molecular weight is 459 g/mol. The molecular formula is C26H26N4O2S. The molecule has 0 bridgehead atoms. The van der Waals surface area contributed by atoms with Crippen LogP contribution in [0.25, 0.3) is 22.0 Å². The minimum atomic E-state index is -3.50. The van der Waals surface area contributed by atoms with Gasteiger partial charge < -0.3 is 4.90 Å². The van der Waals surface area contributed by atoms with Crippen LogP contribution in [0.3, 0.4) is 0 Å². The standard InChI is InChI=1S/C26H26N4O2S/c1-19-7-11-21(12-8-19)25-23-5-3-4-6-24(23)26(28-27-25)29-15-17-30(18-16-29)33(31,32)22-13-9-20(2)10-14-22/h3-14H,15-18H2,1-2H3. The summed E-state index contributed by atoms with van der Waals surface area (Å²) in [7, 11) is -3.50. The summed E-state index contributed by atoms with van der Waals surface area (Å²) in [5.74, 6) is 0.800. The largest absolute Gasteiger partial charge is 0.352 e. The summed E-state index contributed by atoms with van der Waals surface area (Å²) >= 11 is 0. The van der Waals surface area contributed by atoms with Gasteiger partial charge in [-0.3, -0.25) is 0 Å². The van der Waals surface area contributed by atoms with E-state index in [0.29, 0.717) is 31.1 Å². The Morgan fingerprint density at radius 1 is 0.697 bits per heavy atom. The van der Waals surface area contributed by atoms with Crippen LogP contribution in [-0.2, 0) is 10.0 Å². The molecule has 33 heavy (non-hydrogen) atoms. The highest BCUT2D eigenvalue weighted by atomic mass is 32.2. The van der Waals surface area contributed by atoms with E-state index < -0.39 is 10.0 Å². The van der Waals surface area contributed by atoms with Gasteiger partial charge in [-0.2, -0.15) is 4.31 Å². The Bertz CT molecular complexity index is 1390. The Labute approximate surface area is 194 Å². The Kier molecular flexibility index (Phi) is 5.60. The zero-order valence-corrected chi connectivity index (χ0v) is 19.6. The van der Waals surface area contributed by atoms with E-state index in [0.717, 1.165) is 33.4 Å². The summed E-state index contributed by atoms with van der Waals surface area (Å²) in [5.41, 5.74) is 4.13. The lowest BCUT2D eigenvalue weighted by atomic mass is 10.0. The molecule has 5 rings (SSSR count). The minimum absolute atomic E-state index is 0.342. The fraction of sp³-hybridized carbons (Fsp3) is 0.231. The molecule has 1 aromatic heterocycles. The van der Waals surface area contributed by atoms with E-state index in [9.17, 15) is 8.42 Å². The number of rotatable bonds is 4. The fourth-order valence-corrected chi connectivity index (χ4v) is 5.67. The predicted molar refractivity (Wildman–Crippen MR) is 132 cm³/mol. The van der Waals surface area contributed by atoms with Gasteiger partial charge in [-0.15, -0.1) is 10.2 Å². The van der Waals surface area contributed by atoms with Crippen molar-refractivity contribution in [1.82, 2.24) is 14.5 Å². The maximum Gasteiger partial charge on any atom is 0.243 e. The molecule has 0 saturated carbocycles. The zero-order valence-electron chi connectivity index (χ0n) is 18.8. The number of hydrogen-bond acceptors (Lipinski definition) is 5. The number of sulfonamides is 1. The molecule has 1 aliphatic rings. The first kappa shape index (κ1) is 21.6. The van der Waals surface area contributed by atoms with Crippen molar-refractivity contribution in [2.24, 2.45) is 0 Å². The number of anilines is 1. The highest BCUT2D eigenvalue weighted by Crippen LogP contribution is 2.32. The van der Waals surface area contributed by atoms with Crippen molar-refractivity contribution in [2.45, 2.75) is 18.7 Å². The molecule has 0 amide bonds. The van der Waals surface area contributed by atoms with Crippen molar-refractivity contribution in [3.8, 4) is 11.3 Å². The third-order valence-corrected chi connectivity index (χ3v) is 8.10. The molecular weight excluding hydrogens is 432 g/mol. The lowest BCUT2D eigenvalue weighted by Gasteiger charge is -2.35. The quantitative estimate of drug-likeness (QED) is 0.453. The molecule has 1 saturated heterocycles. The van der Waals surface area contributed by atoms with E-state index in [1.165, 1.54) is 5.56 Å². The molecule has 0 atom stereocenters. The van der Waals surface area contributed by atoms with E-state index in [1.54, 1.807) is 16.4 Å². The Morgan fingerprint density at radius 2 is 1.27 bits per heavy atom. The first-order chi connectivity index (χ1) is 15.9. The van der Waals surface area contributed by atoms with E-state index in [4.69, 9.17) is 0 Å². The van der Waals surface area contributed by atoms with E-state index in [2.05, 4.69) is 58.4 Å². The van der Waals surface area contributed by atoms with E-state index in [-0.39, 0.29) is 0 Å². The summed E-state index contributed by atoms with van der Waals surface area (Å²) in [4.78, 5) is 2.48. The molecule has 6 nitrogen and oxygen atoms in total. The van der Waals surface area contributed by atoms with Crippen molar-refractivity contribution < 1.29 is 8.42 Å². The van der Waals surface area contributed by atoms with Crippen molar-refractivity contribution in [3.63, 3.8) is 0 Å². The molecule has 168 valence electrons. The third-order valence-electron chi connectivity index (χ3n) is 6.19. The van der Waals surface area contributed by atoms with Gasteiger partial charge in [0.05, 0.1) is 4.90 Å². The topological polar surface area (TPSA) is 66.4 Å². The van der Waals surface area contributed by atoms with Gasteiger partial charge in [-0.05, 0) is 26.0 Å². The molecule has 3 aromatic carbocycles. The first-order valence-corrected chi connectivity index (χ1v) is 12.5. The first-order valence-electron chi connectivity index (χ1n) is 11.1. The summed E-state index contributed by atoms with van der Waals surface area (Å²) in [5, 5.41) is 11.2. The smallest absolute Gasteiger partial charge is 0.243 e. The van der Waals surface area contributed by atoms with Crippen LogP contribution < -0.4 is 4.90 Å². The molecule has 0 aliphatic carbocycles. The molecule has 2 heterocycles. The number of hydrogen-bond donors (Lipinski definition) is 0. The Hall–Kier alpha value is -3.29. The van der Waals surface area contributed by atoms with Crippen molar-refractivity contribution in [1.29, 1.82) is 0 Å². The number of fused-ring (bicyclic) bond motifs is 1. The number of nitrogens with zero attached hydrogens (tertiary/aromatic N) is 4. The second kappa shape index (κ2) is 8.57. The SMILES string of the molecule is Cc1ccc(-c2nnc(N3CCN(S(=O)(=O)c4ccc(C)cc4)CC3)c3ccccc23)cc1. The second-order valence-electron chi connectivity index (χ2n) is 8.49. The highest BCUT2D eigenvalue weighted by molar-refractivity contribution is 7.89. The Morgan fingerprint density at radius 3 is 1.91 bits per heavy atom. The van der Waals surface area contributed by atoms with Crippen LogP contribution in [0.15, 0.2) is 77.7 Å². The predicted octanol–water partition coefficient (Wildman–Crippen LogP) is 4.42. The van der Waals surface area contributed by atoms with Gasteiger partial charge in [0.2, 0.25) is 10.0 Å². The van der Waals surface area contributed by atoms with Gasteiger partial charge in [0.15, 0.2) is 5.82 Å². The van der Waals surface area contributed by atoms with Crippen molar-refractivity contribution in [3.05, 3.63) is 83.9 Å². The van der Waals surface area contributed by atoms with E-state index >= 15 is 0 Å². The van der Waals surface area contributed by atoms with Crippen LogP contribution in [-0.4, -0.2) is 49.1 Å². The third kappa shape index (κ3) is 4.10. The van der Waals surface area contributed by atoms with Gasteiger partial charge >= 0.3 is 0 Å². The fourth-order valence-electron chi connectivity index (χ4n) is 4.25. The molecule has 0 spiro atoms. The van der Waals surface area contributed by atoms with Gasteiger partial charge in [-0.1, -0.05) is 71.8 Å². The van der Waals surface area contributed by atoms with Gasteiger partial charge in [0.25, 0.3) is 0 Å². The summed E-state index contributed by atoms with van der Waals surface area (Å²) < 4.78 is 27.7. The van der Waals surface area contributed by atoms with Gasteiger partial charge in [0.1, 0.15) is 5.69 Å². The molecule has 0 N–H and O–H groups in total. The number of benzene rings is 3. The molecule has 0 radical (unpaired) electrons. The van der Waals surface area contributed by atoms with Crippen LogP contribution >= 0.6 is 0 Å². The Balaban J connectivity index is 1.42. The van der Waals surface area contributed by atoms with E-state index in [1.807, 2.05) is 31.2 Å². The summed E-state index contributed by atoms with van der Waals surface area (Å²) in [6.45, 7) is 5.96. The minimum Gasteiger partial charge on any atom is -0.352 e. The van der Waals surface area contributed by atoms with Crippen LogP contribution in [0.2, 0.25) is 0 Å². The lowest BCUT2D eigenvalue weighted by Crippen LogP contribution is -2.49. The number of aryl methyl sites for hydroxylation is 2. The molecule has 1 fully saturated rings. The number of piperazine rings is 1. The molecule has 1 aliphatic heterocycles. The van der Waals surface area contributed by atoms with Crippen LogP contribution in [0, 0.1) is 13.8 Å². The van der Waals surface area contributed by atoms with Gasteiger partial charge in [0, 0.05) is 42.5 Å². The monoisotopic (exact) mass is 458 g/mol. The maximum atomic E-state index is 13.1. The average Bonchev–Trinajstić information content (AvgIpc) is 2.84. The van der Waals surface area contributed by atoms with Crippen molar-refractivity contribution >= 4 is 26.6 Å². The zero-order chi connectivity index (χ0) is 23.0. The summed E-state index contributed by atoms with van der Waals surface area (Å²) in [6.07, 6.45) is 0. The molecule has 4 aromatic rings. The van der Waals surface area contributed by atoms with Crippen LogP contribution in [0.5, 0.6) is 0 Å². The number of aromatic nitrogens is 2.